The van der Waals surface area contributed by atoms with E-state index in [0.717, 1.165) is 17.0 Å². The first-order chi connectivity index (χ1) is 7.47. The van der Waals surface area contributed by atoms with Gasteiger partial charge < -0.3 is 0 Å². The Labute approximate surface area is 105 Å². The maximum absolute atomic E-state index is 11.8. The van der Waals surface area contributed by atoms with Crippen LogP contribution < -0.4 is 4.72 Å². The van der Waals surface area contributed by atoms with Crippen LogP contribution in [0.5, 0.6) is 0 Å². The Morgan fingerprint density at radius 1 is 1.50 bits per heavy atom. The van der Waals surface area contributed by atoms with Crippen LogP contribution in [0.4, 0.5) is 5.13 Å². The second-order valence-electron chi connectivity index (χ2n) is 2.83. The van der Waals surface area contributed by atoms with Gasteiger partial charge in [-0.1, -0.05) is 22.9 Å². The maximum Gasteiger partial charge on any atom is 0.274 e. The highest BCUT2D eigenvalue weighted by Crippen LogP contribution is 2.25. The third-order valence-electron chi connectivity index (χ3n) is 1.56. The third-order valence-corrected chi connectivity index (χ3v) is 5.48. The van der Waals surface area contributed by atoms with Crippen molar-refractivity contribution in [2.24, 2.45) is 0 Å². The predicted octanol–water partition coefficient (Wildman–Crippen LogP) is 2.36. The summed E-state index contributed by atoms with van der Waals surface area (Å²) in [5.74, 6) is 0. The first kappa shape index (κ1) is 11.8. The zero-order valence-corrected chi connectivity index (χ0v) is 11.2. The Kier molecular flexibility index (Phi) is 3.15. The van der Waals surface area contributed by atoms with Crippen LogP contribution in [0.15, 0.2) is 15.8 Å². The van der Waals surface area contributed by atoms with Crippen molar-refractivity contribution in [1.29, 1.82) is 0 Å². The number of halogens is 1. The number of nitrogens with one attached hydrogen (secondary N) is 1. The van der Waals surface area contributed by atoms with Crippen molar-refractivity contribution in [1.82, 2.24) is 9.97 Å². The molecule has 0 aliphatic carbocycles. The van der Waals surface area contributed by atoms with Crippen LogP contribution in [0.25, 0.3) is 0 Å². The van der Waals surface area contributed by atoms with E-state index >= 15 is 0 Å². The molecule has 2 heterocycles. The molecule has 0 spiro atoms. The number of thiazole rings is 2. The molecular formula is C7H6ClN3O2S3. The van der Waals surface area contributed by atoms with Crippen molar-refractivity contribution in [3.8, 4) is 0 Å². The monoisotopic (exact) mass is 295 g/mol. The minimum Gasteiger partial charge on any atom is -0.254 e. The molecule has 0 atom stereocenters. The van der Waals surface area contributed by atoms with E-state index in [2.05, 4.69) is 14.7 Å². The molecule has 86 valence electrons. The summed E-state index contributed by atoms with van der Waals surface area (Å²) in [4.78, 5) is 7.69. The molecule has 9 heteroatoms. The van der Waals surface area contributed by atoms with E-state index in [1.165, 1.54) is 17.5 Å². The van der Waals surface area contributed by atoms with Gasteiger partial charge in [-0.2, -0.15) is 0 Å². The first-order valence-corrected chi connectivity index (χ1v) is 7.59. The van der Waals surface area contributed by atoms with Crippen LogP contribution >= 0.6 is 34.3 Å². The molecule has 0 radical (unpaired) electrons. The summed E-state index contributed by atoms with van der Waals surface area (Å²) in [5, 5.41) is 2.10. The summed E-state index contributed by atoms with van der Waals surface area (Å²) in [6.45, 7) is 1.79. The minimum absolute atomic E-state index is 0.0744. The zero-order chi connectivity index (χ0) is 11.8. The maximum atomic E-state index is 11.8. The average molecular weight is 296 g/mol. The van der Waals surface area contributed by atoms with Gasteiger partial charge in [0.1, 0.15) is 0 Å². The Bertz CT molecular complexity index is 604. The number of aromatic nitrogens is 2. The number of hydrogen-bond donors (Lipinski definition) is 1. The van der Waals surface area contributed by atoms with E-state index < -0.39 is 10.0 Å². The van der Waals surface area contributed by atoms with Crippen LogP contribution in [0.2, 0.25) is 4.47 Å². The van der Waals surface area contributed by atoms with Crippen molar-refractivity contribution >= 4 is 49.4 Å². The van der Waals surface area contributed by atoms with Gasteiger partial charge in [0.25, 0.3) is 10.0 Å². The molecule has 0 saturated heterocycles. The van der Waals surface area contributed by atoms with Crippen LogP contribution in [0.1, 0.15) is 5.69 Å². The zero-order valence-electron chi connectivity index (χ0n) is 7.97. The molecule has 0 aliphatic rings. The quantitative estimate of drug-likeness (QED) is 0.943. The van der Waals surface area contributed by atoms with E-state index in [0.29, 0.717) is 5.13 Å². The Hall–Kier alpha value is -0.700. The molecule has 0 amide bonds. The highest BCUT2D eigenvalue weighted by Gasteiger charge is 2.18. The molecule has 0 bridgehead atoms. The smallest absolute Gasteiger partial charge is 0.254 e. The molecule has 0 fully saturated rings. The minimum atomic E-state index is -3.61. The van der Waals surface area contributed by atoms with Crippen LogP contribution in [0.3, 0.4) is 0 Å². The first-order valence-electron chi connectivity index (χ1n) is 4.04. The summed E-state index contributed by atoms with van der Waals surface area (Å²) >= 11 is 7.70. The molecule has 2 aromatic heterocycles. The van der Waals surface area contributed by atoms with E-state index in [9.17, 15) is 8.42 Å². The Balaban J connectivity index is 2.27. The van der Waals surface area contributed by atoms with Gasteiger partial charge in [-0.05, 0) is 6.92 Å². The van der Waals surface area contributed by atoms with Crippen molar-refractivity contribution in [3.05, 3.63) is 21.7 Å². The standard InChI is InChI=1S/C7H6ClN3O2S3/c1-4-3-14-7(10-4)11-16(12,13)5-2-9-6(8)15-5/h2-3H,1H3,(H,10,11). The average Bonchev–Trinajstić information content (AvgIpc) is 2.75. The van der Waals surface area contributed by atoms with E-state index in [4.69, 9.17) is 11.6 Å². The van der Waals surface area contributed by atoms with Crippen molar-refractivity contribution in [2.75, 3.05) is 4.72 Å². The fourth-order valence-corrected chi connectivity index (χ4v) is 4.16. The van der Waals surface area contributed by atoms with Gasteiger partial charge in [0, 0.05) is 5.38 Å². The molecule has 5 nitrogen and oxygen atoms in total. The van der Waals surface area contributed by atoms with Crippen molar-refractivity contribution in [2.45, 2.75) is 11.1 Å². The number of nitrogens with zero attached hydrogens (tertiary/aromatic N) is 2. The van der Waals surface area contributed by atoms with Crippen molar-refractivity contribution in [3.63, 3.8) is 0 Å². The summed E-state index contributed by atoms with van der Waals surface area (Å²) < 4.78 is 26.2. The van der Waals surface area contributed by atoms with Gasteiger partial charge in [-0.3, -0.25) is 4.72 Å². The summed E-state index contributed by atoms with van der Waals surface area (Å²) in [6, 6.07) is 0. The number of aryl methyl sites for hydroxylation is 1. The van der Waals surface area contributed by atoms with Crippen LogP contribution in [0, 0.1) is 6.92 Å². The highest BCUT2D eigenvalue weighted by atomic mass is 35.5. The molecule has 0 aliphatic heterocycles. The number of sulfonamides is 1. The Morgan fingerprint density at radius 2 is 2.25 bits per heavy atom. The molecule has 2 rings (SSSR count). The third kappa shape index (κ3) is 2.51. The lowest BCUT2D eigenvalue weighted by Crippen LogP contribution is -2.11. The molecule has 1 N–H and O–H groups in total. The van der Waals surface area contributed by atoms with Crippen molar-refractivity contribution < 1.29 is 8.42 Å². The number of anilines is 1. The second-order valence-corrected chi connectivity index (χ2v) is 7.21. The van der Waals surface area contributed by atoms with E-state index in [-0.39, 0.29) is 8.68 Å². The fraction of sp³-hybridized carbons (Fsp3) is 0.143. The summed E-state index contributed by atoms with van der Waals surface area (Å²) in [5.41, 5.74) is 0.769. The Morgan fingerprint density at radius 3 is 2.75 bits per heavy atom. The number of rotatable bonds is 3. The second kappa shape index (κ2) is 4.28. The predicted molar refractivity (Wildman–Crippen MR) is 64.8 cm³/mol. The van der Waals surface area contributed by atoms with Crippen LogP contribution in [-0.2, 0) is 10.0 Å². The van der Waals surface area contributed by atoms with E-state index in [1.54, 1.807) is 12.3 Å². The summed E-state index contributed by atoms with van der Waals surface area (Å²) in [6.07, 6.45) is 1.22. The molecular weight excluding hydrogens is 290 g/mol. The topological polar surface area (TPSA) is 72.0 Å². The van der Waals surface area contributed by atoms with Gasteiger partial charge in [0.05, 0.1) is 11.9 Å². The molecule has 0 unspecified atom stereocenters. The van der Waals surface area contributed by atoms with Gasteiger partial charge >= 0.3 is 0 Å². The van der Waals surface area contributed by atoms with Gasteiger partial charge in [-0.25, -0.2) is 18.4 Å². The molecule has 2 aromatic rings. The van der Waals surface area contributed by atoms with Gasteiger partial charge in [0.15, 0.2) is 13.8 Å². The highest BCUT2D eigenvalue weighted by molar-refractivity contribution is 7.94. The van der Waals surface area contributed by atoms with Crippen LogP contribution in [-0.4, -0.2) is 18.4 Å². The number of hydrogen-bond acceptors (Lipinski definition) is 6. The molecule has 16 heavy (non-hydrogen) atoms. The lowest BCUT2D eigenvalue weighted by Gasteiger charge is -2.00. The van der Waals surface area contributed by atoms with Gasteiger partial charge in [0.2, 0.25) is 0 Å². The lowest BCUT2D eigenvalue weighted by atomic mass is 10.6. The molecule has 0 aromatic carbocycles. The van der Waals surface area contributed by atoms with Gasteiger partial charge in [-0.15, -0.1) is 11.3 Å². The lowest BCUT2D eigenvalue weighted by molar-refractivity contribution is 0.603. The summed E-state index contributed by atoms with van der Waals surface area (Å²) in [7, 11) is -3.61. The van der Waals surface area contributed by atoms with E-state index in [1.807, 2.05) is 0 Å². The SMILES string of the molecule is Cc1csc(NS(=O)(=O)c2cnc(Cl)s2)n1. The fourth-order valence-electron chi connectivity index (χ4n) is 0.929. The molecule has 0 saturated carbocycles. The largest absolute Gasteiger partial charge is 0.274 e. The normalized spacial score (nSPS) is 11.6.